The number of pyridine rings is 1. The number of carbonyl (C=O) groups is 1. The van der Waals surface area contributed by atoms with Crippen molar-refractivity contribution in [2.45, 2.75) is 19.9 Å². The molecule has 1 fully saturated rings. The average Bonchev–Trinajstić information content (AvgIpc) is 2.37. The van der Waals surface area contributed by atoms with Gasteiger partial charge in [-0.25, -0.2) is 4.98 Å². The van der Waals surface area contributed by atoms with Gasteiger partial charge in [-0.05, 0) is 19.9 Å². The van der Waals surface area contributed by atoms with Gasteiger partial charge >= 0.3 is 0 Å². The normalized spacial score (nSPS) is 19.3. The summed E-state index contributed by atoms with van der Waals surface area (Å²) in [7, 11) is 0. The maximum absolute atomic E-state index is 11.7. The molecule has 5 nitrogen and oxygen atoms in total. The highest BCUT2D eigenvalue weighted by atomic mass is 35.5. The summed E-state index contributed by atoms with van der Waals surface area (Å²) in [4.78, 5) is 18.0. The van der Waals surface area contributed by atoms with Gasteiger partial charge in [0.2, 0.25) is 5.91 Å². The lowest BCUT2D eigenvalue weighted by atomic mass is 10.2. The van der Waals surface area contributed by atoms with Crippen LogP contribution in [0.2, 0.25) is 10.0 Å². The molecule has 1 aromatic heterocycles. The molecule has 104 valence electrons. The number of rotatable bonds is 3. The molecule has 0 bridgehead atoms. The van der Waals surface area contributed by atoms with E-state index in [2.05, 4.69) is 15.6 Å². The number of nitrogens with zero attached hydrogens (tertiary/aromatic N) is 2. The van der Waals surface area contributed by atoms with Crippen LogP contribution >= 0.6 is 23.2 Å². The second kappa shape index (κ2) is 5.84. The van der Waals surface area contributed by atoms with Gasteiger partial charge in [-0.1, -0.05) is 23.2 Å². The molecule has 0 aromatic carbocycles. The Morgan fingerprint density at radius 1 is 1.53 bits per heavy atom. The first-order valence-electron chi connectivity index (χ1n) is 6.18. The molecule has 2 rings (SSSR count). The summed E-state index contributed by atoms with van der Waals surface area (Å²) in [6.07, 6.45) is 0. The number of aromatic nitrogens is 1. The zero-order valence-electron chi connectivity index (χ0n) is 10.8. The van der Waals surface area contributed by atoms with Gasteiger partial charge in [0, 0.05) is 19.6 Å². The molecule has 1 unspecified atom stereocenters. The van der Waals surface area contributed by atoms with Crippen LogP contribution in [0.25, 0.3) is 0 Å². The van der Waals surface area contributed by atoms with Gasteiger partial charge in [0.15, 0.2) is 5.82 Å². The molecule has 1 amide bonds. The van der Waals surface area contributed by atoms with Gasteiger partial charge in [-0.2, -0.15) is 0 Å². The third-order valence-electron chi connectivity index (χ3n) is 3.03. The standard InChI is InChI=1S/C12H16Cl2N4O/c1-3-15-10-8(13)6-9(14)11(17-10)18-5-4-16-12(19)7(18)2/h6-7H,3-5H2,1-2H3,(H,15,17)(H,16,19). The highest BCUT2D eigenvalue weighted by Crippen LogP contribution is 2.32. The van der Waals surface area contributed by atoms with Gasteiger partial charge < -0.3 is 15.5 Å². The van der Waals surface area contributed by atoms with Crippen molar-refractivity contribution in [2.24, 2.45) is 0 Å². The summed E-state index contributed by atoms with van der Waals surface area (Å²) in [5.74, 6) is 1.15. The Bertz CT molecular complexity index is 495. The van der Waals surface area contributed by atoms with E-state index in [0.717, 1.165) is 0 Å². The van der Waals surface area contributed by atoms with Crippen LogP contribution in [0.5, 0.6) is 0 Å². The Balaban J connectivity index is 2.37. The first-order valence-corrected chi connectivity index (χ1v) is 6.94. The number of hydrogen-bond donors (Lipinski definition) is 2. The summed E-state index contributed by atoms with van der Waals surface area (Å²) in [5.41, 5.74) is 0. The highest BCUT2D eigenvalue weighted by molar-refractivity contribution is 6.37. The molecule has 0 radical (unpaired) electrons. The van der Waals surface area contributed by atoms with Crippen LogP contribution in [0, 0.1) is 0 Å². The predicted octanol–water partition coefficient (Wildman–Crippen LogP) is 2.14. The van der Waals surface area contributed by atoms with E-state index in [1.807, 2.05) is 18.7 Å². The van der Waals surface area contributed by atoms with Gasteiger partial charge in [-0.3, -0.25) is 4.79 Å². The van der Waals surface area contributed by atoms with Crippen molar-refractivity contribution in [3.63, 3.8) is 0 Å². The Hall–Kier alpha value is -1.20. The first kappa shape index (κ1) is 14.2. The van der Waals surface area contributed by atoms with Crippen molar-refractivity contribution in [1.29, 1.82) is 0 Å². The number of amides is 1. The molecule has 1 saturated heterocycles. The summed E-state index contributed by atoms with van der Waals surface area (Å²) in [6, 6.07) is 1.36. The minimum atomic E-state index is -0.297. The lowest BCUT2D eigenvalue weighted by Crippen LogP contribution is -2.54. The monoisotopic (exact) mass is 302 g/mol. The van der Waals surface area contributed by atoms with Crippen molar-refractivity contribution in [3.8, 4) is 0 Å². The number of anilines is 2. The van der Waals surface area contributed by atoms with Gasteiger partial charge in [0.1, 0.15) is 11.9 Å². The minimum Gasteiger partial charge on any atom is -0.369 e. The van der Waals surface area contributed by atoms with Gasteiger partial charge in [0.05, 0.1) is 10.0 Å². The molecule has 0 saturated carbocycles. The van der Waals surface area contributed by atoms with Crippen LogP contribution in [-0.2, 0) is 4.79 Å². The lowest BCUT2D eigenvalue weighted by Gasteiger charge is -2.34. The van der Waals surface area contributed by atoms with Crippen LogP contribution in [-0.4, -0.2) is 36.6 Å². The fourth-order valence-electron chi connectivity index (χ4n) is 2.02. The molecular formula is C12H16Cl2N4O. The molecule has 19 heavy (non-hydrogen) atoms. The zero-order chi connectivity index (χ0) is 14.0. The van der Waals surface area contributed by atoms with Crippen molar-refractivity contribution in [2.75, 3.05) is 29.9 Å². The van der Waals surface area contributed by atoms with E-state index >= 15 is 0 Å². The lowest BCUT2D eigenvalue weighted by molar-refractivity contribution is -0.122. The van der Waals surface area contributed by atoms with Crippen LogP contribution in [0.15, 0.2) is 6.07 Å². The smallest absolute Gasteiger partial charge is 0.242 e. The largest absolute Gasteiger partial charge is 0.369 e. The van der Waals surface area contributed by atoms with E-state index < -0.39 is 0 Å². The average molecular weight is 303 g/mol. The number of halogens is 2. The molecule has 1 aliphatic rings. The van der Waals surface area contributed by atoms with Crippen LogP contribution in [0.1, 0.15) is 13.8 Å². The molecular weight excluding hydrogens is 287 g/mol. The molecule has 2 heterocycles. The van der Waals surface area contributed by atoms with E-state index in [1.165, 1.54) is 0 Å². The Labute approximate surface area is 122 Å². The molecule has 7 heteroatoms. The molecule has 0 spiro atoms. The zero-order valence-corrected chi connectivity index (χ0v) is 12.3. The maximum Gasteiger partial charge on any atom is 0.242 e. The SMILES string of the molecule is CCNc1nc(N2CCNC(=O)C2C)c(Cl)cc1Cl. The highest BCUT2D eigenvalue weighted by Gasteiger charge is 2.28. The van der Waals surface area contributed by atoms with Crippen molar-refractivity contribution < 1.29 is 4.79 Å². The Kier molecular flexibility index (Phi) is 4.37. The second-order valence-electron chi connectivity index (χ2n) is 4.31. The minimum absolute atomic E-state index is 0.0240. The number of nitrogens with one attached hydrogen (secondary N) is 2. The molecule has 2 N–H and O–H groups in total. The molecule has 1 aromatic rings. The van der Waals surface area contributed by atoms with Crippen LogP contribution in [0.3, 0.4) is 0 Å². The van der Waals surface area contributed by atoms with Crippen molar-refractivity contribution in [3.05, 3.63) is 16.1 Å². The summed E-state index contributed by atoms with van der Waals surface area (Å²) >= 11 is 12.3. The predicted molar refractivity (Wildman–Crippen MR) is 78.2 cm³/mol. The summed E-state index contributed by atoms with van der Waals surface area (Å²) in [6.45, 7) is 5.76. The number of carbonyl (C=O) groups excluding carboxylic acids is 1. The Morgan fingerprint density at radius 2 is 2.26 bits per heavy atom. The molecule has 0 aliphatic carbocycles. The van der Waals surface area contributed by atoms with Gasteiger partial charge in [0.25, 0.3) is 0 Å². The van der Waals surface area contributed by atoms with Crippen LogP contribution in [0.4, 0.5) is 11.6 Å². The van der Waals surface area contributed by atoms with E-state index in [4.69, 9.17) is 23.2 Å². The molecule has 1 atom stereocenters. The summed E-state index contributed by atoms with van der Waals surface area (Å²) in [5, 5.41) is 6.82. The van der Waals surface area contributed by atoms with E-state index in [1.54, 1.807) is 6.07 Å². The van der Waals surface area contributed by atoms with Crippen molar-refractivity contribution >= 4 is 40.7 Å². The maximum atomic E-state index is 11.7. The van der Waals surface area contributed by atoms with Crippen molar-refractivity contribution in [1.82, 2.24) is 10.3 Å². The van der Waals surface area contributed by atoms with Crippen LogP contribution < -0.4 is 15.5 Å². The third-order valence-corrected chi connectivity index (χ3v) is 3.59. The second-order valence-corrected chi connectivity index (χ2v) is 5.13. The quantitative estimate of drug-likeness (QED) is 0.898. The fraction of sp³-hybridized carbons (Fsp3) is 0.500. The van der Waals surface area contributed by atoms with E-state index in [0.29, 0.717) is 41.3 Å². The molecule has 1 aliphatic heterocycles. The van der Waals surface area contributed by atoms with Gasteiger partial charge in [-0.15, -0.1) is 0 Å². The summed E-state index contributed by atoms with van der Waals surface area (Å²) < 4.78 is 0. The topological polar surface area (TPSA) is 57.3 Å². The van der Waals surface area contributed by atoms with E-state index in [-0.39, 0.29) is 11.9 Å². The Morgan fingerprint density at radius 3 is 2.95 bits per heavy atom. The van der Waals surface area contributed by atoms with E-state index in [9.17, 15) is 4.79 Å². The fourth-order valence-corrected chi connectivity index (χ4v) is 2.56. The third kappa shape index (κ3) is 2.87. The number of hydrogen-bond acceptors (Lipinski definition) is 4. The number of piperazine rings is 1. The first-order chi connectivity index (χ1) is 9.04.